The van der Waals surface area contributed by atoms with Gasteiger partial charge in [0.1, 0.15) is 0 Å². The largest absolute Gasteiger partial charge is 0.310 e. The van der Waals surface area contributed by atoms with E-state index in [0.717, 1.165) is 25.9 Å². The third-order valence-corrected chi connectivity index (χ3v) is 3.18. The van der Waals surface area contributed by atoms with Crippen LogP contribution < -0.4 is 5.32 Å². The van der Waals surface area contributed by atoms with Crippen LogP contribution in [0.5, 0.6) is 0 Å². The number of aromatic nitrogens is 3. The Hall–Kier alpha value is -1.68. The Labute approximate surface area is 114 Å². The normalized spacial score (nSPS) is 12.5. The summed E-state index contributed by atoms with van der Waals surface area (Å²) in [5.74, 6) is 0. The molecule has 0 aliphatic rings. The lowest BCUT2D eigenvalue weighted by molar-refractivity contribution is 0.527. The van der Waals surface area contributed by atoms with Crippen molar-refractivity contribution in [1.82, 2.24) is 20.1 Å². The third kappa shape index (κ3) is 3.89. The zero-order valence-electron chi connectivity index (χ0n) is 11.7. The summed E-state index contributed by atoms with van der Waals surface area (Å²) in [7, 11) is 0. The van der Waals surface area contributed by atoms with Gasteiger partial charge in [0.25, 0.3) is 0 Å². The van der Waals surface area contributed by atoms with Crippen molar-refractivity contribution < 1.29 is 0 Å². The van der Waals surface area contributed by atoms with Crippen molar-refractivity contribution in [2.24, 2.45) is 0 Å². The minimum atomic E-state index is 0.310. The quantitative estimate of drug-likeness (QED) is 0.830. The smallest absolute Gasteiger partial charge is 0.0537 e. The number of aryl methyl sites for hydroxylation is 1. The van der Waals surface area contributed by atoms with E-state index >= 15 is 0 Å². The molecule has 2 heterocycles. The molecule has 0 aromatic carbocycles. The lowest BCUT2D eigenvalue weighted by Crippen LogP contribution is -2.23. The number of rotatable bonds is 7. The van der Waals surface area contributed by atoms with E-state index in [2.05, 4.69) is 41.5 Å². The van der Waals surface area contributed by atoms with Gasteiger partial charge in [0, 0.05) is 36.7 Å². The topological polar surface area (TPSA) is 42.7 Å². The first-order valence-corrected chi connectivity index (χ1v) is 6.98. The maximum absolute atomic E-state index is 4.37. The molecular weight excluding hydrogens is 236 g/mol. The van der Waals surface area contributed by atoms with E-state index in [1.165, 1.54) is 11.1 Å². The highest BCUT2D eigenvalue weighted by molar-refractivity contribution is 5.17. The van der Waals surface area contributed by atoms with Crippen LogP contribution in [0.25, 0.3) is 0 Å². The van der Waals surface area contributed by atoms with Crippen molar-refractivity contribution in [2.75, 3.05) is 6.54 Å². The molecule has 19 heavy (non-hydrogen) atoms. The molecule has 102 valence electrons. The molecule has 1 unspecified atom stereocenters. The number of hydrogen-bond donors (Lipinski definition) is 1. The molecule has 0 spiro atoms. The fourth-order valence-electron chi connectivity index (χ4n) is 2.11. The Balaban J connectivity index is 2.11. The van der Waals surface area contributed by atoms with Gasteiger partial charge < -0.3 is 5.32 Å². The first-order chi connectivity index (χ1) is 9.33. The van der Waals surface area contributed by atoms with Crippen LogP contribution in [0.15, 0.2) is 36.9 Å². The summed E-state index contributed by atoms with van der Waals surface area (Å²) in [6, 6.07) is 4.42. The minimum absolute atomic E-state index is 0.310. The highest BCUT2D eigenvalue weighted by atomic mass is 15.3. The summed E-state index contributed by atoms with van der Waals surface area (Å²) in [4.78, 5) is 4.18. The van der Waals surface area contributed by atoms with Crippen molar-refractivity contribution in [2.45, 2.75) is 39.3 Å². The Kier molecular flexibility index (Phi) is 5.10. The van der Waals surface area contributed by atoms with Gasteiger partial charge in [-0.25, -0.2) is 0 Å². The lowest BCUT2D eigenvalue weighted by Gasteiger charge is -2.17. The highest BCUT2D eigenvalue weighted by Crippen LogP contribution is 2.17. The standard InChI is InChI=1S/C15H22N4/c1-3-7-17-15(9-13-6-5-8-16-10-13)14-11-18-19(4-2)12-14/h5-6,8,10-12,15,17H,3-4,7,9H2,1-2H3. The van der Waals surface area contributed by atoms with Gasteiger partial charge in [0.05, 0.1) is 6.20 Å². The maximum Gasteiger partial charge on any atom is 0.0537 e. The molecule has 2 aromatic rings. The minimum Gasteiger partial charge on any atom is -0.310 e. The second-order valence-corrected chi connectivity index (χ2v) is 4.70. The predicted octanol–water partition coefficient (Wildman–Crippen LogP) is 2.58. The molecule has 0 aliphatic carbocycles. The average molecular weight is 258 g/mol. The lowest BCUT2D eigenvalue weighted by atomic mass is 10.0. The number of pyridine rings is 1. The van der Waals surface area contributed by atoms with E-state index < -0.39 is 0 Å². The second-order valence-electron chi connectivity index (χ2n) is 4.70. The van der Waals surface area contributed by atoms with Gasteiger partial charge in [0.15, 0.2) is 0 Å². The van der Waals surface area contributed by atoms with Gasteiger partial charge in [-0.1, -0.05) is 13.0 Å². The molecule has 1 N–H and O–H groups in total. The summed E-state index contributed by atoms with van der Waals surface area (Å²) < 4.78 is 1.97. The van der Waals surface area contributed by atoms with Crippen LogP contribution in [0.1, 0.15) is 37.4 Å². The van der Waals surface area contributed by atoms with Crippen molar-refractivity contribution in [3.05, 3.63) is 48.0 Å². The summed E-state index contributed by atoms with van der Waals surface area (Å²) >= 11 is 0. The molecule has 4 heteroatoms. The van der Waals surface area contributed by atoms with Gasteiger partial charge in [-0.3, -0.25) is 9.67 Å². The van der Waals surface area contributed by atoms with Gasteiger partial charge >= 0.3 is 0 Å². The molecule has 2 rings (SSSR count). The van der Waals surface area contributed by atoms with Crippen LogP contribution in [0, 0.1) is 0 Å². The zero-order chi connectivity index (χ0) is 13.5. The molecular formula is C15H22N4. The molecule has 0 amide bonds. The van der Waals surface area contributed by atoms with E-state index in [1.807, 2.05) is 29.3 Å². The Morgan fingerprint density at radius 2 is 2.21 bits per heavy atom. The molecule has 0 saturated carbocycles. The van der Waals surface area contributed by atoms with Crippen LogP contribution in [0.2, 0.25) is 0 Å². The van der Waals surface area contributed by atoms with Crippen molar-refractivity contribution in [1.29, 1.82) is 0 Å². The fraction of sp³-hybridized carbons (Fsp3) is 0.467. The van der Waals surface area contributed by atoms with Crippen LogP contribution in [0.3, 0.4) is 0 Å². The van der Waals surface area contributed by atoms with Gasteiger partial charge in [-0.05, 0) is 37.9 Å². The van der Waals surface area contributed by atoms with Gasteiger partial charge in [0.2, 0.25) is 0 Å². The molecule has 4 nitrogen and oxygen atoms in total. The summed E-state index contributed by atoms with van der Waals surface area (Å²) in [5.41, 5.74) is 2.50. The van der Waals surface area contributed by atoms with E-state index in [1.54, 1.807) is 0 Å². The fourth-order valence-corrected chi connectivity index (χ4v) is 2.11. The van der Waals surface area contributed by atoms with Crippen LogP contribution in [0.4, 0.5) is 0 Å². The zero-order valence-corrected chi connectivity index (χ0v) is 11.7. The first-order valence-electron chi connectivity index (χ1n) is 6.98. The molecule has 0 bridgehead atoms. The predicted molar refractivity (Wildman–Crippen MR) is 76.9 cm³/mol. The Bertz CT molecular complexity index is 478. The van der Waals surface area contributed by atoms with Crippen molar-refractivity contribution >= 4 is 0 Å². The number of nitrogens with one attached hydrogen (secondary N) is 1. The molecule has 0 fully saturated rings. The summed E-state index contributed by atoms with van der Waals surface area (Å²) in [5, 5.41) is 7.96. The van der Waals surface area contributed by atoms with E-state index in [0.29, 0.717) is 6.04 Å². The Morgan fingerprint density at radius 1 is 1.32 bits per heavy atom. The molecule has 0 radical (unpaired) electrons. The van der Waals surface area contributed by atoms with Crippen molar-refractivity contribution in [3.8, 4) is 0 Å². The summed E-state index contributed by atoms with van der Waals surface area (Å²) in [6.45, 7) is 6.21. The van der Waals surface area contributed by atoms with E-state index in [9.17, 15) is 0 Å². The second kappa shape index (κ2) is 7.04. The molecule has 0 saturated heterocycles. The van der Waals surface area contributed by atoms with E-state index in [-0.39, 0.29) is 0 Å². The molecule has 1 atom stereocenters. The first kappa shape index (κ1) is 13.7. The third-order valence-electron chi connectivity index (χ3n) is 3.18. The average Bonchev–Trinajstić information content (AvgIpc) is 2.93. The van der Waals surface area contributed by atoms with E-state index in [4.69, 9.17) is 0 Å². The van der Waals surface area contributed by atoms with Crippen LogP contribution in [-0.2, 0) is 13.0 Å². The molecule has 0 aliphatic heterocycles. The Morgan fingerprint density at radius 3 is 2.84 bits per heavy atom. The van der Waals surface area contributed by atoms with Crippen LogP contribution in [-0.4, -0.2) is 21.3 Å². The number of hydrogen-bond acceptors (Lipinski definition) is 3. The van der Waals surface area contributed by atoms with Crippen LogP contribution >= 0.6 is 0 Å². The van der Waals surface area contributed by atoms with Gasteiger partial charge in [-0.15, -0.1) is 0 Å². The SMILES string of the molecule is CCCNC(Cc1cccnc1)c1cnn(CC)c1. The maximum atomic E-state index is 4.37. The highest BCUT2D eigenvalue weighted by Gasteiger charge is 2.13. The summed E-state index contributed by atoms with van der Waals surface area (Å²) in [6.07, 6.45) is 9.92. The monoisotopic (exact) mass is 258 g/mol. The van der Waals surface area contributed by atoms with Gasteiger partial charge in [-0.2, -0.15) is 5.10 Å². The molecule has 2 aromatic heterocycles. The van der Waals surface area contributed by atoms with Crippen molar-refractivity contribution in [3.63, 3.8) is 0 Å². The number of nitrogens with zero attached hydrogens (tertiary/aromatic N) is 3.